The summed E-state index contributed by atoms with van der Waals surface area (Å²) in [6, 6.07) is 4.32. The van der Waals surface area contributed by atoms with E-state index in [-0.39, 0.29) is 22.7 Å². The molecule has 2 aliphatic heterocycles. The average molecular weight is 297 g/mol. The Morgan fingerprint density at radius 3 is 3.09 bits per heavy atom. The summed E-state index contributed by atoms with van der Waals surface area (Å²) in [7, 11) is 2.22. The molecular formula is C18H19NO3. The van der Waals surface area contributed by atoms with Crippen LogP contribution in [0.15, 0.2) is 24.3 Å². The van der Waals surface area contributed by atoms with Crippen LogP contribution in [0.1, 0.15) is 17.5 Å². The highest BCUT2D eigenvalue weighted by Gasteiger charge is 2.78. The van der Waals surface area contributed by atoms with Crippen molar-refractivity contribution in [2.24, 2.45) is 11.3 Å². The van der Waals surface area contributed by atoms with Gasteiger partial charge < -0.3 is 19.8 Å². The molecule has 2 N–H and O–H groups in total. The third kappa shape index (κ3) is 0.965. The van der Waals surface area contributed by atoms with Crippen LogP contribution < -0.4 is 4.74 Å². The fourth-order valence-corrected chi connectivity index (χ4v) is 6.65. The van der Waals surface area contributed by atoms with Crippen LogP contribution in [0.5, 0.6) is 11.5 Å². The number of phenols is 1. The molecule has 6 atom stereocenters. The zero-order valence-corrected chi connectivity index (χ0v) is 12.5. The Hall–Kier alpha value is -1.52. The molecule has 2 fully saturated rings. The third-order valence-corrected chi connectivity index (χ3v) is 7.10. The Bertz CT molecular complexity index is 759. The van der Waals surface area contributed by atoms with Gasteiger partial charge in [-0.1, -0.05) is 18.2 Å². The summed E-state index contributed by atoms with van der Waals surface area (Å²) in [6.07, 6.45) is 5.42. The second kappa shape index (κ2) is 3.22. The monoisotopic (exact) mass is 297 g/mol. The fourth-order valence-electron chi connectivity index (χ4n) is 6.65. The normalized spacial score (nSPS) is 49.4. The summed E-state index contributed by atoms with van der Waals surface area (Å²) in [6.45, 7) is 1.06. The van der Waals surface area contributed by atoms with Crippen molar-refractivity contribution in [3.8, 4) is 11.5 Å². The van der Waals surface area contributed by atoms with E-state index in [0.717, 1.165) is 19.4 Å². The largest absolute Gasteiger partial charge is 0.504 e. The zero-order chi connectivity index (χ0) is 14.9. The number of hydrogen-bond donors (Lipinski definition) is 2. The maximum Gasteiger partial charge on any atom is 0.165 e. The first-order valence-corrected chi connectivity index (χ1v) is 8.16. The van der Waals surface area contributed by atoms with Crippen LogP contribution in [0.4, 0.5) is 0 Å². The highest BCUT2D eigenvalue weighted by Crippen LogP contribution is 2.75. The predicted molar refractivity (Wildman–Crippen MR) is 80.0 cm³/mol. The molecule has 6 rings (SSSR count). The molecule has 2 spiro atoms. The highest BCUT2D eigenvalue weighted by molar-refractivity contribution is 5.63. The van der Waals surface area contributed by atoms with Crippen molar-refractivity contribution in [3.63, 3.8) is 0 Å². The van der Waals surface area contributed by atoms with Crippen molar-refractivity contribution in [2.75, 3.05) is 13.6 Å². The van der Waals surface area contributed by atoms with Crippen LogP contribution in [0.3, 0.4) is 0 Å². The average Bonchev–Trinajstić information content (AvgIpc) is 2.88. The van der Waals surface area contributed by atoms with Crippen LogP contribution in [0.2, 0.25) is 0 Å². The minimum absolute atomic E-state index is 0.111. The summed E-state index contributed by atoms with van der Waals surface area (Å²) < 4.78 is 6.15. The predicted octanol–water partition coefficient (Wildman–Crippen LogP) is 1.20. The minimum atomic E-state index is -0.589. The summed E-state index contributed by atoms with van der Waals surface area (Å²) in [5.74, 6) is 1.36. The van der Waals surface area contributed by atoms with Crippen LogP contribution in [0, 0.1) is 11.3 Å². The van der Waals surface area contributed by atoms with E-state index in [1.165, 1.54) is 11.1 Å². The van der Waals surface area contributed by atoms with Crippen LogP contribution in [-0.4, -0.2) is 47.0 Å². The molecular weight excluding hydrogens is 278 g/mol. The maximum absolute atomic E-state index is 10.6. The molecule has 4 heteroatoms. The quantitative estimate of drug-likeness (QED) is 0.707. The summed E-state index contributed by atoms with van der Waals surface area (Å²) in [5, 5.41) is 20.9. The van der Waals surface area contributed by atoms with Gasteiger partial charge in [-0.25, -0.2) is 0 Å². The van der Waals surface area contributed by atoms with Gasteiger partial charge in [0.1, 0.15) is 12.2 Å². The SMILES string of the molecule is CN1CC23C=C[C@H](O)[C@@H]4Oc5c(O)ccc6c5[C@]4(C2)[C@@H]3C1C6. The molecule has 114 valence electrons. The number of ether oxygens (including phenoxy) is 1. The lowest BCUT2D eigenvalue weighted by Gasteiger charge is -2.61. The summed E-state index contributed by atoms with van der Waals surface area (Å²) >= 11 is 0. The zero-order valence-electron chi connectivity index (χ0n) is 12.5. The van der Waals surface area contributed by atoms with E-state index >= 15 is 0 Å². The van der Waals surface area contributed by atoms with Crippen molar-refractivity contribution in [1.29, 1.82) is 0 Å². The third-order valence-electron chi connectivity index (χ3n) is 7.10. The Labute approximate surface area is 129 Å². The molecule has 5 aliphatic rings. The number of nitrogens with zero attached hydrogens (tertiary/aromatic N) is 1. The first kappa shape index (κ1) is 12.0. The standard InChI is InChI=1S/C18H19NO3/c1-19-8-17-5-4-12(21)16-18(7-17)13-9(6-10(19)15(17)18)2-3-11(20)14(13)22-16/h2-5,10,12,15-16,20-21H,6-8H2,1H3/t10?,12-,15+,16-,17?,18+/m0/s1. The Morgan fingerprint density at radius 2 is 2.23 bits per heavy atom. The minimum Gasteiger partial charge on any atom is -0.504 e. The molecule has 22 heavy (non-hydrogen) atoms. The Kier molecular flexibility index (Phi) is 1.75. The first-order valence-electron chi connectivity index (χ1n) is 8.16. The number of aliphatic hydroxyl groups excluding tert-OH is 1. The number of aliphatic hydroxyl groups is 1. The van der Waals surface area contributed by atoms with Crippen molar-refractivity contribution < 1.29 is 14.9 Å². The molecule has 2 unspecified atom stereocenters. The van der Waals surface area contributed by atoms with Gasteiger partial charge >= 0.3 is 0 Å². The maximum atomic E-state index is 10.6. The smallest absolute Gasteiger partial charge is 0.165 e. The van der Waals surface area contributed by atoms with Crippen molar-refractivity contribution in [1.82, 2.24) is 4.90 Å². The second-order valence-electron chi connectivity index (χ2n) is 7.95. The lowest BCUT2D eigenvalue weighted by Crippen LogP contribution is -2.66. The van der Waals surface area contributed by atoms with Crippen LogP contribution >= 0.6 is 0 Å². The molecule has 1 saturated heterocycles. The molecule has 0 amide bonds. The fraction of sp³-hybridized carbons (Fsp3) is 0.556. The number of hydrogen-bond acceptors (Lipinski definition) is 4. The van der Waals surface area contributed by atoms with Gasteiger partial charge in [0, 0.05) is 29.0 Å². The van der Waals surface area contributed by atoms with Gasteiger partial charge in [0.15, 0.2) is 11.5 Å². The van der Waals surface area contributed by atoms with Gasteiger partial charge in [-0.15, -0.1) is 0 Å². The van der Waals surface area contributed by atoms with E-state index in [2.05, 4.69) is 24.1 Å². The second-order valence-corrected chi connectivity index (χ2v) is 7.95. The Morgan fingerprint density at radius 1 is 1.36 bits per heavy atom. The highest BCUT2D eigenvalue weighted by atomic mass is 16.5. The van der Waals surface area contributed by atoms with E-state index in [0.29, 0.717) is 17.7 Å². The van der Waals surface area contributed by atoms with Gasteiger partial charge in [0.05, 0.1) is 0 Å². The van der Waals surface area contributed by atoms with Crippen molar-refractivity contribution in [3.05, 3.63) is 35.4 Å². The van der Waals surface area contributed by atoms with Gasteiger partial charge in [0.25, 0.3) is 0 Å². The summed E-state index contributed by atoms with van der Waals surface area (Å²) in [4.78, 5) is 2.49. The number of phenolic OH excluding ortho intramolecular Hbond substituents is 1. The molecule has 1 saturated carbocycles. The van der Waals surface area contributed by atoms with E-state index < -0.39 is 6.10 Å². The number of aromatic hydroxyl groups is 1. The topological polar surface area (TPSA) is 52.9 Å². The van der Waals surface area contributed by atoms with Gasteiger partial charge in [-0.2, -0.15) is 0 Å². The van der Waals surface area contributed by atoms with E-state index in [4.69, 9.17) is 4.74 Å². The van der Waals surface area contributed by atoms with E-state index in [1.54, 1.807) is 6.07 Å². The molecule has 0 aromatic heterocycles. The Balaban J connectivity index is 1.70. The van der Waals surface area contributed by atoms with Crippen molar-refractivity contribution in [2.45, 2.75) is 36.5 Å². The van der Waals surface area contributed by atoms with Gasteiger partial charge in [-0.05, 0) is 37.4 Å². The van der Waals surface area contributed by atoms with Gasteiger partial charge in [-0.3, -0.25) is 0 Å². The summed E-state index contributed by atoms with van der Waals surface area (Å²) in [5.41, 5.74) is 2.57. The first-order chi connectivity index (χ1) is 10.6. The van der Waals surface area contributed by atoms with Crippen LogP contribution in [0.25, 0.3) is 0 Å². The van der Waals surface area contributed by atoms with Gasteiger partial charge in [0.2, 0.25) is 0 Å². The van der Waals surface area contributed by atoms with Crippen LogP contribution in [-0.2, 0) is 11.8 Å². The number of likely N-dealkylation sites (N-methyl/N-ethyl adjacent to an activating group) is 1. The van der Waals surface area contributed by atoms with Crippen molar-refractivity contribution >= 4 is 0 Å². The molecule has 1 aromatic carbocycles. The lowest BCUT2D eigenvalue weighted by atomic mass is 9.40. The lowest BCUT2D eigenvalue weighted by molar-refractivity contribution is -0.0878. The molecule has 1 aromatic rings. The number of rotatable bonds is 0. The van der Waals surface area contributed by atoms with E-state index in [9.17, 15) is 10.2 Å². The van der Waals surface area contributed by atoms with E-state index in [1.807, 2.05) is 6.08 Å². The number of benzene rings is 1. The molecule has 4 nitrogen and oxygen atoms in total. The molecule has 3 aliphatic carbocycles. The number of likely N-dealkylation sites (tertiary alicyclic amines) is 1. The molecule has 0 radical (unpaired) electrons. The molecule has 2 heterocycles. The molecule has 2 bridgehead atoms.